The first-order valence-corrected chi connectivity index (χ1v) is 10.2. The molecule has 6 heteroatoms. The molecular weight excluding hydrogens is 350 g/mol. The maximum Gasteiger partial charge on any atom is 0.223 e. The van der Waals surface area contributed by atoms with Gasteiger partial charge in [-0.3, -0.25) is 4.79 Å². The summed E-state index contributed by atoms with van der Waals surface area (Å²) in [6.45, 7) is 5.56. The molecule has 0 aliphatic carbocycles. The summed E-state index contributed by atoms with van der Waals surface area (Å²) in [5.74, 6) is 0.941. The van der Waals surface area contributed by atoms with Crippen molar-refractivity contribution in [2.45, 2.75) is 25.3 Å². The van der Waals surface area contributed by atoms with Gasteiger partial charge in [-0.15, -0.1) is 23.1 Å². The van der Waals surface area contributed by atoms with Crippen molar-refractivity contribution in [2.24, 2.45) is 0 Å². The summed E-state index contributed by atoms with van der Waals surface area (Å²) in [6.07, 6.45) is 2.15. The number of aromatic nitrogens is 2. The van der Waals surface area contributed by atoms with Crippen LogP contribution in [0.3, 0.4) is 0 Å². The van der Waals surface area contributed by atoms with Gasteiger partial charge in [0.2, 0.25) is 5.91 Å². The van der Waals surface area contributed by atoms with E-state index in [9.17, 15) is 4.79 Å². The van der Waals surface area contributed by atoms with E-state index in [2.05, 4.69) is 28.2 Å². The second-order valence-corrected chi connectivity index (χ2v) is 7.65. The Morgan fingerprint density at radius 2 is 1.92 bits per heavy atom. The number of thioether (sulfide) groups is 1. The van der Waals surface area contributed by atoms with Gasteiger partial charge in [-0.1, -0.05) is 30.3 Å². The Morgan fingerprint density at radius 3 is 2.64 bits per heavy atom. The molecule has 0 unspecified atom stereocenters. The molecule has 0 atom stereocenters. The second-order valence-electron chi connectivity index (χ2n) is 5.54. The van der Waals surface area contributed by atoms with Gasteiger partial charge in [-0.05, 0) is 25.5 Å². The topological polar surface area (TPSA) is 46.1 Å². The molecule has 0 spiro atoms. The Balaban J connectivity index is 1.74. The molecule has 2 heterocycles. The van der Waals surface area contributed by atoms with E-state index in [1.54, 1.807) is 29.4 Å². The lowest BCUT2D eigenvalue weighted by molar-refractivity contribution is -0.130. The SMILES string of the molecule is CCN(CC)C(=O)CCSc1ncnc2sc(-c3ccccc3)cc12. The lowest BCUT2D eigenvalue weighted by Crippen LogP contribution is -2.30. The zero-order valence-corrected chi connectivity index (χ0v) is 16.1. The first-order chi connectivity index (χ1) is 12.2. The van der Waals surface area contributed by atoms with E-state index < -0.39 is 0 Å². The molecule has 0 N–H and O–H groups in total. The standard InChI is InChI=1S/C19H21N3OS2/c1-3-22(4-2)17(23)10-11-24-18-15-12-16(14-8-6-5-7-9-14)25-19(15)21-13-20-18/h5-9,12-13H,3-4,10-11H2,1-2H3. The second kappa shape index (κ2) is 8.45. The number of carbonyl (C=O) groups excluding carboxylic acids is 1. The Morgan fingerprint density at radius 1 is 1.16 bits per heavy atom. The smallest absolute Gasteiger partial charge is 0.223 e. The van der Waals surface area contributed by atoms with Gasteiger partial charge in [-0.25, -0.2) is 9.97 Å². The molecule has 0 aliphatic heterocycles. The fraction of sp³-hybridized carbons (Fsp3) is 0.316. The average Bonchev–Trinajstić information content (AvgIpc) is 3.09. The van der Waals surface area contributed by atoms with Gasteiger partial charge >= 0.3 is 0 Å². The minimum atomic E-state index is 0.207. The highest BCUT2D eigenvalue weighted by atomic mass is 32.2. The average molecular weight is 372 g/mol. The van der Waals surface area contributed by atoms with Gasteiger partial charge in [0.25, 0.3) is 0 Å². The number of rotatable bonds is 7. The molecule has 1 amide bonds. The predicted molar refractivity (Wildman–Crippen MR) is 106 cm³/mol. The summed E-state index contributed by atoms with van der Waals surface area (Å²) in [7, 11) is 0. The highest BCUT2D eigenvalue weighted by molar-refractivity contribution is 7.99. The highest BCUT2D eigenvalue weighted by Crippen LogP contribution is 2.36. The molecule has 25 heavy (non-hydrogen) atoms. The van der Waals surface area contributed by atoms with Crippen LogP contribution in [0.1, 0.15) is 20.3 Å². The molecule has 1 aromatic carbocycles. The first-order valence-electron chi connectivity index (χ1n) is 8.43. The van der Waals surface area contributed by atoms with Gasteiger partial charge in [0.1, 0.15) is 16.2 Å². The summed E-state index contributed by atoms with van der Waals surface area (Å²) in [6, 6.07) is 12.5. The van der Waals surface area contributed by atoms with Crippen molar-refractivity contribution in [3.05, 3.63) is 42.7 Å². The lowest BCUT2D eigenvalue weighted by atomic mass is 10.2. The normalized spacial score (nSPS) is 11.0. The number of hydrogen-bond acceptors (Lipinski definition) is 5. The Bertz CT molecular complexity index is 844. The van der Waals surface area contributed by atoms with Crippen molar-refractivity contribution in [2.75, 3.05) is 18.8 Å². The Labute approximate surface area is 156 Å². The Kier molecular flexibility index (Phi) is 6.04. The van der Waals surface area contributed by atoms with Gasteiger partial charge in [-0.2, -0.15) is 0 Å². The zero-order valence-electron chi connectivity index (χ0n) is 14.4. The van der Waals surface area contributed by atoms with Crippen LogP contribution in [0, 0.1) is 0 Å². The zero-order chi connectivity index (χ0) is 17.6. The summed E-state index contributed by atoms with van der Waals surface area (Å²) in [5.41, 5.74) is 1.19. The van der Waals surface area contributed by atoms with Crippen LogP contribution in [0.5, 0.6) is 0 Å². The van der Waals surface area contributed by atoms with Crippen LogP contribution in [-0.2, 0) is 4.79 Å². The van der Waals surface area contributed by atoms with E-state index in [4.69, 9.17) is 0 Å². The molecule has 0 fully saturated rings. The third-order valence-corrected chi connectivity index (χ3v) is 6.12. The van der Waals surface area contributed by atoms with Crippen molar-refractivity contribution in [1.29, 1.82) is 0 Å². The molecule has 0 bridgehead atoms. The van der Waals surface area contributed by atoms with Gasteiger partial charge in [0, 0.05) is 35.5 Å². The molecule has 3 aromatic rings. The van der Waals surface area contributed by atoms with Gasteiger partial charge in [0.15, 0.2) is 0 Å². The molecule has 0 saturated heterocycles. The Hall–Kier alpha value is -1.92. The van der Waals surface area contributed by atoms with E-state index in [1.807, 2.05) is 36.9 Å². The summed E-state index contributed by atoms with van der Waals surface area (Å²) in [5, 5.41) is 2.03. The van der Waals surface area contributed by atoms with Crippen LogP contribution in [0.15, 0.2) is 47.8 Å². The summed E-state index contributed by atoms with van der Waals surface area (Å²) < 4.78 is 0. The van der Waals surface area contributed by atoms with Crippen molar-refractivity contribution in [3.63, 3.8) is 0 Å². The number of carbonyl (C=O) groups is 1. The number of hydrogen-bond donors (Lipinski definition) is 0. The van der Waals surface area contributed by atoms with E-state index >= 15 is 0 Å². The van der Waals surface area contributed by atoms with E-state index in [0.29, 0.717) is 6.42 Å². The number of thiophene rings is 1. The minimum absolute atomic E-state index is 0.207. The van der Waals surface area contributed by atoms with Crippen molar-refractivity contribution in [3.8, 4) is 10.4 Å². The lowest BCUT2D eigenvalue weighted by Gasteiger charge is -2.18. The number of nitrogens with zero attached hydrogens (tertiary/aromatic N) is 3. The van der Waals surface area contributed by atoms with Gasteiger partial charge in [0.05, 0.1) is 0 Å². The van der Waals surface area contributed by atoms with Crippen molar-refractivity contribution < 1.29 is 4.79 Å². The summed E-state index contributed by atoms with van der Waals surface area (Å²) in [4.78, 5) is 25.0. The largest absolute Gasteiger partial charge is 0.343 e. The van der Waals surface area contributed by atoms with Crippen LogP contribution in [-0.4, -0.2) is 39.6 Å². The van der Waals surface area contributed by atoms with E-state index in [1.165, 1.54) is 10.4 Å². The van der Waals surface area contributed by atoms with Crippen LogP contribution in [0.4, 0.5) is 0 Å². The molecule has 0 radical (unpaired) electrons. The molecular formula is C19H21N3OS2. The molecule has 130 valence electrons. The van der Waals surface area contributed by atoms with E-state index in [-0.39, 0.29) is 5.91 Å². The summed E-state index contributed by atoms with van der Waals surface area (Å²) >= 11 is 3.31. The van der Waals surface area contributed by atoms with Crippen LogP contribution in [0.2, 0.25) is 0 Å². The number of amides is 1. The monoisotopic (exact) mass is 371 g/mol. The molecule has 2 aromatic heterocycles. The third-order valence-electron chi connectivity index (χ3n) is 4.02. The van der Waals surface area contributed by atoms with Crippen LogP contribution < -0.4 is 0 Å². The van der Waals surface area contributed by atoms with Crippen molar-refractivity contribution in [1.82, 2.24) is 14.9 Å². The molecule has 4 nitrogen and oxygen atoms in total. The number of fused-ring (bicyclic) bond motifs is 1. The number of benzene rings is 1. The van der Waals surface area contributed by atoms with Crippen LogP contribution >= 0.6 is 23.1 Å². The van der Waals surface area contributed by atoms with E-state index in [0.717, 1.165) is 34.1 Å². The highest BCUT2D eigenvalue weighted by Gasteiger charge is 2.13. The quantitative estimate of drug-likeness (QED) is 0.446. The van der Waals surface area contributed by atoms with Crippen LogP contribution in [0.25, 0.3) is 20.7 Å². The maximum atomic E-state index is 12.1. The molecule has 3 rings (SSSR count). The first kappa shape index (κ1) is 17.9. The molecule has 0 saturated carbocycles. The minimum Gasteiger partial charge on any atom is -0.343 e. The van der Waals surface area contributed by atoms with Crippen molar-refractivity contribution >= 4 is 39.2 Å². The third kappa shape index (κ3) is 4.19. The molecule has 0 aliphatic rings. The fourth-order valence-corrected chi connectivity index (χ4v) is 4.63. The maximum absolute atomic E-state index is 12.1. The van der Waals surface area contributed by atoms with Gasteiger partial charge < -0.3 is 4.90 Å². The predicted octanol–water partition coefficient (Wildman–Crippen LogP) is 4.71. The fourth-order valence-electron chi connectivity index (χ4n) is 2.66.